The van der Waals surface area contributed by atoms with Crippen LogP contribution in [0.2, 0.25) is 10.0 Å². The summed E-state index contributed by atoms with van der Waals surface area (Å²) in [6.07, 6.45) is 5.38. The van der Waals surface area contributed by atoms with Gasteiger partial charge >= 0.3 is 0 Å². The molecule has 2 amide bonds. The van der Waals surface area contributed by atoms with E-state index in [2.05, 4.69) is 5.32 Å². The summed E-state index contributed by atoms with van der Waals surface area (Å²) in [6, 6.07) is 11.2. The second-order valence-electron chi connectivity index (χ2n) is 9.23. The van der Waals surface area contributed by atoms with E-state index in [4.69, 9.17) is 23.2 Å². The van der Waals surface area contributed by atoms with Crippen molar-refractivity contribution < 1.29 is 18.0 Å². The maximum atomic E-state index is 13.8. The summed E-state index contributed by atoms with van der Waals surface area (Å²) in [5.74, 6) is -0.735. The number of amides is 2. The van der Waals surface area contributed by atoms with E-state index in [9.17, 15) is 18.0 Å². The molecule has 0 bridgehead atoms. The van der Waals surface area contributed by atoms with Gasteiger partial charge in [-0.3, -0.25) is 13.9 Å². The number of nitrogens with zero attached hydrogens (tertiary/aromatic N) is 2. The number of anilines is 1. The van der Waals surface area contributed by atoms with Crippen molar-refractivity contribution in [1.29, 1.82) is 0 Å². The molecule has 7 nitrogen and oxygen atoms in total. The van der Waals surface area contributed by atoms with Gasteiger partial charge in [0.1, 0.15) is 12.6 Å². The van der Waals surface area contributed by atoms with Crippen LogP contribution < -0.4 is 9.62 Å². The molecular formula is C26H33Cl2N3O4S. The van der Waals surface area contributed by atoms with Gasteiger partial charge in [-0.1, -0.05) is 61.2 Å². The molecular weight excluding hydrogens is 521 g/mol. The van der Waals surface area contributed by atoms with Gasteiger partial charge in [-0.2, -0.15) is 0 Å². The maximum Gasteiger partial charge on any atom is 0.244 e. The van der Waals surface area contributed by atoms with Crippen molar-refractivity contribution in [3.05, 3.63) is 63.6 Å². The molecule has 10 heteroatoms. The second kappa shape index (κ2) is 12.3. The molecule has 0 radical (unpaired) electrons. The molecule has 1 fully saturated rings. The average Bonchev–Trinajstić information content (AvgIpc) is 3.31. The number of halogens is 2. The molecule has 36 heavy (non-hydrogen) atoms. The Labute approximate surface area is 223 Å². The zero-order chi connectivity index (χ0) is 26.5. The zero-order valence-corrected chi connectivity index (χ0v) is 23.2. The van der Waals surface area contributed by atoms with E-state index in [0.717, 1.165) is 36.2 Å². The van der Waals surface area contributed by atoms with Crippen LogP contribution in [0.4, 0.5) is 5.69 Å². The highest BCUT2D eigenvalue weighted by Gasteiger charge is 2.33. The normalized spacial score (nSPS) is 14.9. The lowest BCUT2D eigenvalue weighted by Gasteiger charge is -2.34. The van der Waals surface area contributed by atoms with Crippen LogP contribution in [-0.2, 0) is 26.2 Å². The van der Waals surface area contributed by atoms with Crippen molar-refractivity contribution in [2.75, 3.05) is 17.1 Å². The summed E-state index contributed by atoms with van der Waals surface area (Å²) in [7, 11) is -3.82. The molecule has 0 aromatic heterocycles. The smallest absolute Gasteiger partial charge is 0.244 e. The van der Waals surface area contributed by atoms with Gasteiger partial charge in [0.05, 0.1) is 11.9 Å². The van der Waals surface area contributed by atoms with Gasteiger partial charge in [0.2, 0.25) is 21.8 Å². The highest BCUT2D eigenvalue weighted by molar-refractivity contribution is 7.92. The SMILES string of the molecule is CC[C@H](C(=O)NC1CCCC1)N(Cc1ccccc1Cl)C(=O)CN(c1ccc(Cl)cc1C)S(C)(=O)=O. The molecule has 3 rings (SSSR count). The van der Waals surface area contributed by atoms with Gasteiger partial charge in [-0.15, -0.1) is 0 Å². The molecule has 0 unspecified atom stereocenters. The number of benzene rings is 2. The van der Waals surface area contributed by atoms with E-state index >= 15 is 0 Å². The number of rotatable bonds is 10. The molecule has 0 saturated heterocycles. The third-order valence-electron chi connectivity index (χ3n) is 6.49. The van der Waals surface area contributed by atoms with E-state index in [1.165, 1.54) is 4.90 Å². The Hall–Kier alpha value is -2.29. The summed E-state index contributed by atoms with van der Waals surface area (Å²) in [4.78, 5) is 28.5. The fraction of sp³-hybridized carbons (Fsp3) is 0.462. The molecule has 1 aliphatic carbocycles. The van der Waals surface area contributed by atoms with Crippen LogP contribution in [0.25, 0.3) is 0 Å². The minimum Gasteiger partial charge on any atom is -0.352 e. The first-order valence-electron chi connectivity index (χ1n) is 12.1. The predicted octanol–water partition coefficient (Wildman–Crippen LogP) is 4.93. The van der Waals surface area contributed by atoms with Crippen LogP contribution in [-0.4, -0.2) is 50.0 Å². The number of carbonyl (C=O) groups excluding carboxylic acids is 2. The van der Waals surface area contributed by atoms with Crippen molar-refractivity contribution in [3.63, 3.8) is 0 Å². The van der Waals surface area contributed by atoms with Gasteiger partial charge in [-0.25, -0.2) is 8.42 Å². The van der Waals surface area contributed by atoms with E-state index in [1.807, 2.05) is 13.0 Å². The van der Waals surface area contributed by atoms with Crippen LogP contribution in [0.5, 0.6) is 0 Å². The molecule has 1 atom stereocenters. The van der Waals surface area contributed by atoms with Gasteiger partial charge < -0.3 is 10.2 Å². The topological polar surface area (TPSA) is 86.8 Å². The third kappa shape index (κ3) is 7.14. The fourth-order valence-corrected chi connectivity index (χ4v) is 5.92. The molecule has 2 aromatic rings. The van der Waals surface area contributed by atoms with Gasteiger partial charge in [-0.05, 0) is 61.6 Å². The molecule has 1 aliphatic rings. The lowest BCUT2D eigenvalue weighted by Crippen LogP contribution is -2.53. The largest absolute Gasteiger partial charge is 0.352 e. The highest BCUT2D eigenvalue weighted by atomic mass is 35.5. The van der Waals surface area contributed by atoms with Gasteiger partial charge in [0.15, 0.2) is 0 Å². The summed E-state index contributed by atoms with van der Waals surface area (Å²) in [6.45, 7) is 3.18. The van der Waals surface area contributed by atoms with Crippen LogP contribution in [0.15, 0.2) is 42.5 Å². The summed E-state index contributed by atoms with van der Waals surface area (Å²) < 4.78 is 26.6. The number of sulfonamides is 1. The number of nitrogens with one attached hydrogen (secondary N) is 1. The van der Waals surface area contributed by atoms with Crippen molar-refractivity contribution >= 4 is 50.7 Å². The Kier molecular flexibility index (Phi) is 9.66. The first-order chi connectivity index (χ1) is 17.0. The Morgan fingerprint density at radius 1 is 1.11 bits per heavy atom. The van der Waals surface area contributed by atoms with Crippen LogP contribution in [0.1, 0.15) is 50.2 Å². The zero-order valence-electron chi connectivity index (χ0n) is 20.8. The molecule has 1 saturated carbocycles. The Balaban J connectivity index is 1.95. The van der Waals surface area contributed by atoms with E-state index in [1.54, 1.807) is 43.3 Å². The molecule has 0 heterocycles. The van der Waals surface area contributed by atoms with Crippen molar-refractivity contribution in [2.45, 2.75) is 64.6 Å². The van der Waals surface area contributed by atoms with E-state index < -0.39 is 28.5 Å². The minimum absolute atomic E-state index is 0.0757. The number of hydrogen-bond acceptors (Lipinski definition) is 4. The highest BCUT2D eigenvalue weighted by Crippen LogP contribution is 2.27. The van der Waals surface area contributed by atoms with Crippen LogP contribution in [0.3, 0.4) is 0 Å². The summed E-state index contributed by atoms with van der Waals surface area (Å²) >= 11 is 12.5. The van der Waals surface area contributed by atoms with Crippen molar-refractivity contribution in [1.82, 2.24) is 10.2 Å². The lowest BCUT2D eigenvalue weighted by atomic mass is 10.1. The first kappa shape index (κ1) is 28.3. The first-order valence-corrected chi connectivity index (χ1v) is 14.7. The molecule has 1 N–H and O–H groups in total. The van der Waals surface area contributed by atoms with Crippen molar-refractivity contribution in [3.8, 4) is 0 Å². The monoisotopic (exact) mass is 553 g/mol. The Morgan fingerprint density at radius 3 is 2.36 bits per heavy atom. The summed E-state index contributed by atoms with van der Waals surface area (Å²) in [5.41, 5.74) is 1.65. The van der Waals surface area contributed by atoms with Crippen molar-refractivity contribution in [2.24, 2.45) is 0 Å². The Morgan fingerprint density at radius 2 is 1.78 bits per heavy atom. The minimum atomic E-state index is -3.82. The fourth-order valence-electron chi connectivity index (χ4n) is 4.59. The number of carbonyl (C=O) groups is 2. The standard InChI is InChI=1S/C26H33Cl2N3O4S/c1-4-23(26(33)29-21-10-6-7-11-21)30(16-19-9-5-8-12-22(19)28)25(32)17-31(36(3,34)35)24-14-13-20(27)15-18(24)2/h5,8-9,12-15,21,23H,4,6-7,10-11,16-17H2,1-3H3,(H,29,33)/t23-/m1/s1. The number of aryl methyl sites for hydroxylation is 1. The molecule has 0 aliphatic heterocycles. The maximum absolute atomic E-state index is 13.8. The average molecular weight is 555 g/mol. The lowest BCUT2D eigenvalue weighted by molar-refractivity contribution is -0.140. The molecule has 196 valence electrons. The quantitative estimate of drug-likeness (QED) is 0.451. The molecule has 0 spiro atoms. The Bertz CT molecular complexity index is 1200. The third-order valence-corrected chi connectivity index (χ3v) is 8.22. The second-order valence-corrected chi connectivity index (χ2v) is 12.0. The van der Waals surface area contributed by atoms with Crippen LogP contribution >= 0.6 is 23.2 Å². The van der Waals surface area contributed by atoms with Crippen LogP contribution in [0, 0.1) is 6.92 Å². The summed E-state index contributed by atoms with van der Waals surface area (Å²) in [5, 5.41) is 4.02. The predicted molar refractivity (Wildman–Crippen MR) is 145 cm³/mol. The molecule has 2 aromatic carbocycles. The van der Waals surface area contributed by atoms with Gasteiger partial charge in [0.25, 0.3) is 0 Å². The number of hydrogen-bond donors (Lipinski definition) is 1. The van der Waals surface area contributed by atoms with E-state index in [-0.39, 0.29) is 18.5 Å². The van der Waals surface area contributed by atoms with E-state index in [0.29, 0.717) is 33.3 Å². The van der Waals surface area contributed by atoms with Gasteiger partial charge in [0, 0.05) is 22.6 Å².